The van der Waals surface area contributed by atoms with Crippen LogP contribution in [-0.2, 0) is 13.0 Å². The molecule has 2 rings (SSSR count). The molecule has 0 fully saturated rings. The smallest absolute Gasteiger partial charge is 0.112 e. The Morgan fingerprint density at radius 2 is 2.12 bits per heavy atom. The van der Waals surface area contributed by atoms with E-state index in [0.717, 1.165) is 36.4 Å². The van der Waals surface area contributed by atoms with Crippen LogP contribution in [-0.4, -0.2) is 9.55 Å². The van der Waals surface area contributed by atoms with Crippen LogP contribution in [0.25, 0.3) is 11.0 Å². The van der Waals surface area contributed by atoms with Gasteiger partial charge in [-0.3, -0.25) is 0 Å². The van der Waals surface area contributed by atoms with Crippen LogP contribution in [0.15, 0.2) is 18.2 Å². The van der Waals surface area contributed by atoms with Crippen LogP contribution >= 0.6 is 0 Å². The molecule has 0 amide bonds. The largest absolute Gasteiger partial charge is 0.397 e. The van der Waals surface area contributed by atoms with Crippen molar-refractivity contribution in [2.24, 2.45) is 5.92 Å². The highest BCUT2D eigenvalue weighted by Crippen LogP contribution is 2.23. The normalized spacial score (nSPS) is 11.5. The monoisotopic (exact) mass is 231 g/mol. The number of nitrogen functional groups attached to an aromatic ring is 1. The van der Waals surface area contributed by atoms with Gasteiger partial charge < -0.3 is 10.3 Å². The van der Waals surface area contributed by atoms with Crippen molar-refractivity contribution in [3.8, 4) is 0 Å². The van der Waals surface area contributed by atoms with Gasteiger partial charge in [-0.1, -0.05) is 26.8 Å². The summed E-state index contributed by atoms with van der Waals surface area (Å²) in [6.45, 7) is 7.65. The Labute approximate surface area is 103 Å². The van der Waals surface area contributed by atoms with Gasteiger partial charge in [0.05, 0.1) is 11.2 Å². The molecular weight excluding hydrogens is 210 g/mol. The van der Waals surface area contributed by atoms with Gasteiger partial charge in [0.1, 0.15) is 11.3 Å². The Kier molecular flexibility index (Phi) is 3.36. The number of rotatable bonds is 4. The van der Waals surface area contributed by atoms with Crippen LogP contribution in [0.3, 0.4) is 0 Å². The molecule has 0 unspecified atom stereocenters. The molecule has 92 valence electrons. The zero-order valence-corrected chi connectivity index (χ0v) is 10.9. The van der Waals surface area contributed by atoms with Crippen LogP contribution < -0.4 is 5.73 Å². The summed E-state index contributed by atoms with van der Waals surface area (Å²) in [6.07, 6.45) is 2.13. The maximum atomic E-state index is 5.99. The Hall–Kier alpha value is -1.51. The summed E-state index contributed by atoms with van der Waals surface area (Å²) in [5.41, 5.74) is 8.89. The highest BCUT2D eigenvalue weighted by atomic mass is 15.1. The number of fused-ring (bicyclic) bond motifs is 1. The number of anilines is 1. The number of hydrogen-bond acceptors (Lipinski definition) is 2. The first-order valence-corrected chi connectivity index (χ1v) is 6.37. The Balaban J connectivity index is 2.58. The quantitative estimate of drug-likeness (QED) is 0.821. The summed E-state index contributed by atoms with van der Waals surface area (Å²) in [5.74, 6) is 1.78. The Bertz CT molecular complexity index is 511. The summed E-state index contributed by atoms with van der Waals surface area (Å²) in [6, 6.07) is 6.04. The second-order valence-corrected chi connectivity index (χ2v) is 5.00. The van der Waals surface area contributed by atoms with Gasteiger partial charge in [0.2, 0.25) is 0 Å². The van der Waals surface area contributed by atoms with E-state index in [2.05, 4.69) is 31.4 Å². The molecule has 0 bridgehead atoms. The first-order chi connectivity index (χ1) is 8.13. The van der Waals surface area contributed by atoms with Gasteiger partial charge in [0.15, 0.2) is 0 Å². The molecule has 0 saturated carbocycles. The van der Waals surface area contributed by atoms with Crippen LogP contribution in [0.1, 0.15) is 33.0 Å². The van der Waals surface area contributed by atoms with Crippen LogP contribution in [0.4, 0.5) is 5.69 Å². The third-order valence-corrected chi connectivity index (χ3v) is 2.91. The zero-order chi connectivity index (χ0) is 12.4. The summed E-state index contributed by atoms with van der Waals surface area (Å²) >= 11 is 0. The maximum absolute atomic E-state index is 5.99. The SMILES string of the molecule is CCCc1nc2c(N)cccc2n1CC(C)C. The predicted molar refractivity (Wildman–Crippen MR) is 73.0 cm³/mol. The number of aromatic nitrogens is 2. The predicted octanol–water partition coefficient (Wildman–Crippen LogP) is 3.23. The number of imidazole rings is 1. The van der Waals surface area contributed by atoms with E-state index in [-0.39, 0.29) is 0 Å². The van der Waals surface area contributed by atoms with Gasteiger partial charge in [-0.05, 0) is 24.5 Å². The molecule has 3 heteroatoms. The van der Waals surface area contributed by atoms with Gasteiger partial charge in [0, 0.05) is 13.0 Å². The van der Waals surface area contributed by atoms with Crippen molar-refractivity contribution in [3.05, 3.63) is 24.0 Å². The fraction of sp³-hybridized carbons (Fsp3) is 0.500. The Morgan fingerprint density at radius 3 is 2.76 bits per heavy atom. The van der Waals surface area contributed by atoms with Gasteiger partial charge in [0.25, 0.3) is 0 Å². The van der Waals surface area contributed by atoms with Gasteiger partial charge >= 0.3 is 0 Å². The van der Waals surface area contributed by atoms with Crippen molar-refractivity contribution in [1.29, 1.82) is 0 Å². The average molecular weight is 231 g/mol. The number of nitrogens with two attached hydrogens (primary N) is 1. The fourth-order valence-corrected chi connectivity index (χ4v) is 2.20. The van der Waals surface area contributed by atoms with Crippen LogP contribution in [0.2, 0.25) is 0 Å². The molecule has 0 radical (unpaired) electrons. The lowest BCUT2D eigenvalue weighted by molar-refractivity contribution is 0.515. The molecule has 1 aromatic heterocycles. The minimum absolute atomic E-state index is 0.615. The Morgan fingerprint density at radius 1 is 1.35 bits per heavy atom. The molecule has 0 aliphatic heterocycles. The van der Waals surface area contributed by atoms with E-state index in [1.54, 1.807) is 0 Å². The molecule has 17 heavy (non-hydrogen) atoms. The van der Waals surface area contributed by atoms with E-state index in [1.807, 2.05) is 12.1 Å². The summed E-state index contributed by atoms with van der Waals surface area (Å²) < 4.78 is 2.32. The first kappa shape index (κ1) is 12.0. The lowest BCUT2D eigenvalue weighted by atomic mass is 10.2. The zero-order valence-electron chi connectivity index (χ0n) is 10.9. The van der Waals surface area contributed by atoms with Crippen molar-refractivity contribution in [2.75, 3.05) is 5.73 Å². The van der Waals surface area contributed by atoms with E-state index in [0.29, 0.717) is 5.92 Å². The number of hydrogen-bond donors (Lipinski definition) is 1. The average Bonchev–Trinajstić information content (AvgIpc) is 2.59. The highest BCUT2D eigenvalue weighted by Gasteiger charge is 2.12. The van der Waals surface area contributed by atoms with Crippen molar-refractivity contribution in [3.63, 3.8) is 0 Å². The molecule has 0 saturated heterocycles. The van der Waals surface area contributed by atoms with Crippen molar-refractivity contribution >= 4 is 16.7 Å². The lowest BCUT2D eigenvalue weighted by Gasteiger charge is -2.11. The third-order valence-electron chi connectivity index (χ3n) is 2.91. The number of para-hydroxylation sites is 1. The van der Waals surface area contributed by atoms with E-state index >= 15 is 0 Å². The molecule has 1 aromatic carbocycles. The number of aryl methyl sites for hydroxylation is 1. The summed E-state index contributed by atoms with van der Waals surface area (Å²) in [5, 5.41) is 0. The summed E-state index contributed by atoms with van der Waals surface area (Å²) in [7, 11) is 0. The van der Waals surface area contributed by atoms with E-state index < -0.39 is 0 Å². The second-order valence-electron chi connectivity index (χ2n) is 5.00. The number of nitrogens with zero attached hydrogens (tertiary/aromatic N) is 2. The van der Waals surface area contributed by atoms with Crippen molar-refractivity contribution in [2.45, 2.75) is 40.2 Å². The molecule has 0 atom stereocenters. The third kappa shape index (κ3) is 2.28. The molecule has 0 aliphatic rings. The van der Waals surface area contributed by atoms with Crippen LogP contribution in [0, 0.1) is 5.92 Å². The fourth-order valence-electron chi connectivity index (χ4n) is 2.20. The summed E-state index contributed by atoms with van der Waals surface area (Å²) in [4.78, 5) is 4.69. The number of benzene rings is 1. The lowest BCUT2D eigenvalue weighted by Crippen LogP contribution is -2.08. The van der Waals surface area contributed by atoms with E-state index in [4.69, 9.17) is 10.7 Å². The molecule has 1 heterocycles. The second kappa shape index (κ2) is 4.78. The molecular formula is C14H21N3. The van der Waals surface area contributed by atoms with E-state index in [9.17, 15) is 0 Å². The molecule has 0 aliphatic carbocycles. The van der Waals surface area contributed by atoms with Gasteiger partial charge in [-0.15, -0.1) is 0 Å². The first-order valence-electron chi connectivity index (χ1n) is 6.37. The topological polar surface area (TPSA) is 43.8 Å². The van der Waals surface area contributed by atoms with Crippen LogP contribution in [0.5, 0.6) is 0 Å². The molecule has 0 spiro atoms. The van der Waals surface area contributed by atoms with E-state index in [1.165, 1.54) is 5.52 Å². The minimum atomic E-state index is 0.615. The maximum Gasteiger partial charge on any atom is 0.112 e. The molecule has 3 nitrogen and oxygen atoms in total. The standard InChI is InChI=1S/C14H21N3/c1-4-6-13-16-14-11(15)7-5-8-12(14)17(13)9-10(2)3/h5,7-8,10H,4,6,9,15H2,1-3H3. The van der Waals surface area contributed by atoms with Gasteiger partial charge in [-0.2, -0.15) is 0 Å². The highest BCUT2D eigenvalue weighted by molar-refractivity contribution is 5.87. The van der Waals surface area contributed by atoms with Crippen molar-refractivity contribution < 1.29 is 0 Å². The van der Waals surface area contributed by atoms with Gasteiger partial charge in [-0.25, -0.2) is 4.98 Å². The molecule has 2 N–H and O–H groups in total. The minimum Gasteiger partial charge on any atom is -0.397 e. The molecule has 2 aromatic rings. The van der Waals surface area contributed by atoms with Crippen molar-refractivity contribution in [1.82, 2.24) is 9.55 Å².